The van der Waals surface area contributed by atoms with Crippen LogP contribution in [-0.4, -0.2) is 49.9 Å². The summed E-state index contributed by atoms with van der Waals surface area (Å²) in [6, 6.07) is 5.45. The minimum Gasteiger partial charge on any atom is -0.274 e. The maximum atomic E-state index is 11.8. The average molecular weight is 344 g/mol. The van der Waals surface area contributed by atoms with Gasteiger partial charge in [-0.1, -0.05) is 0 Å². The van der Waals surface area contributed by atoms with Gasteiger partial charge in [0.05, 0.1) is 23.2 Å². The molecule has 0 bridgehead atoms. The van der Waals surface area contributed by atoms with Gasteiger partial charge >= 0.3 is 0 Å². The quantitative estimate of drug-likeness (QED) is 0.770. The third kappa shape index (κ3) is 2.71. The predicted octanol–water partition coefficient (Wildman–Crippen LogP) is 1.40. The van der Waals surface area contributed by atoms with Crippen LogP contribution in [0.25, 0.3) is 22.8 Å². The van der Waals surface area contributed by atoms with E-state index in [9.17, 15) is 8.42 Å². The molecule has 0 amide bonds. The Kier molecular flexibility index (Phi) is 3.45. The summed E-state index contributed by atoms with van der Waals surface area (Å²) in [6.45, 7) is 1.80. The van der Waals surface area contributed by atoms with Crippen molar-refractivity contribution in [2.45, 2.75) is 19.4 Å². The van der Waals surface area contributed by atoms with Crippen molar-refractivity contribution >= 4 is 9.84 Å². The molecule has 124 valence electrons. The Bertz CT molecular complexity index is 977. The number of H-pyrrole nitrogens is 1. The number of aromatic nitrogens is 6. The van der Waals surface area contributed by atoms with Gasteiger partial charge in [0.1, 0.15) is 11.5 Å². The van der Waals surface area contributed by atoms with E-state index in [0.717, 1.165) is 11.3 Å². The molecule has 1 fully saturated rings. The van der Waals surface area contributed by atoms with Crippen molar-refractivity contribution < 1.29 is 8.42 Å². The lowest BCUT2D eigenvalue weighted by Crippen LogP contribution is -2.14. The number of nitrogens with zero attached hydrogens (tertiary/aromatic N) is 5. The van der Waals surface area contributed by atoms with Crippen molar-refractivity contribution in [3.63, 3.8) is 0 Å². The first-order chi connectivity index (χ1) is 11.5. The maximum absolute atomic E-state index is 11.8. The van der Waals surface area contributed by atoms with Crippen molar-refractivity contribution in [2.75, 3.05) is 11.5 Å². The van der Waals surface area contributed by atoms with E-state index >= 15 is 0 Å². The highest BCUT2D eigenvalue weighted by Crippen LogP contribution is 2.29. The van der Waals surface area contributed by atoms with Crippen LogP contribution in [-0.2, 0) is 9.84 Å². The summed E-state index contributed by atoms with van der Waals surface area (Å²) in [5.74, 6) is 1.52. The number of aromatic amines is 1. The second-order valence-corrected chi connectivity index (χ2v) is 8.12. The number of sulfone groups is 1. The first kappa shape index (κ1) is 15.0. The van der Waals surface area contributed by atoms with E-state index in [0.29, 0.717) is 23.8 Å². The molecule has 9 heteroatoms. The molecule has 1 saturated heterocycles. The van der Waals surface area contributed by atoms with E-state index in [1.54, 1.807) is 24.0 Å². The van der Waals surface area contributed by atoms with Gasteiger partial charge in [0.25, 0.3) is 0 Å². The van der Waals surface area contributed by atoms with Gasteiger partial charge in [0.2, 0.25) is 0 Å². The Labute approximate surface area is 138 Å². The van der Waals surface area contributed by atoms with Crippen LogP contribution in [0, 0.1) is 6.92 Å². The van der Waals surface area contributed by atoms with Gasteiger partial charge in [-0.05, 0) is 31.5 Å². The van der Waals surface area contributed by atoms with Crippen LogP contribution in [0.15, 0.2) is 30.6 Å². The van der Waals surface area contributed by atoms with Gasteiger partial charge < -0.3 is 0 Å². The number of hydrogen-bond acceptors (Lipinski definition) is 6. The summed E-state index contributed by atoms with van der Waals surface area (Å²) in [6.07, 6.45) is 3.98. The van der Waals surface area contributed by atoms with Gasteiger partial charge in [-0.2, -0.15) is 10.2 Å². The van der Waals surface area contributed by atoms with E-state index in [1.165, 1.54) is 0 Å². The lowest BCUT2D eigenvalue weighted by Gasteiger charge is -2.10. The normalized spacial score (nSPS) is 19.6. The summed E-state index contributed by atoms with van der Waals surface area (Å²) in [4.78, 5) is 8.45. The zero-order chi connectivity index (χ0) is 16.7. The second-order valence-electron chi connectivity index (χ2n) is 5.89. The highest BCUT2D eigenvalue weighted by atomic mass is 32.2. The van der Waals surface area contributed by atoms with Crippen LogP contribution >= 0.6 is 0 Å². The molecular formula is C15H16N6O2S. The minimum absolute atomic E-state index is 0.105. The van der Waals surface area contributed by atoms with Crippen molar-refractivity contribution in [1.29, 1.82) is 0 Å². The second kappa shape index (κ2) is 5.52. The summed E-state index contributed by atoms with van der Waals surface area (Å²) >= 11 is 0. The molecule has 4 heterocycles. The maximum Gasteiger partial charge on any atom is 0.176 e. The molecule has 0 unspecified atom stereocenters. The molecule has 24 heavy (non-hydrogen) atoms. The Balaban J connectivity index is 1.72. The monoisotopic (exact) mass is 344 g/mol. The molecule has 1 atom stereocenters. The SMILES string of the molecule is Cc1nc(-c2cc(-c3ccncc3)n[nH]2)n([C@@H]2CCS(=O)(=O)C2)n1. The summed E-state index contributed by atoms with van der Waals surface area (Å²) in [7, 11) is -2.99. The van der Waals surface area contributed by atoms with E-state index in [4.69, 9.17) is 0 Å². The standard InChI is InChI=1S/C15H16N6O2S/c1-10-17-15(21(20-10)12-4-7-24(22,23)9-12)14-8-13(18-19-14)11-2-5-16-6-3-11/h2-3,5-6,8,12H,4,7,9H2,1H3,(H,18,19)/t12-/m1/s1. The molecule has 0 radical (unpaired) electrons. The molecule has 1 N–H and O–H groups in total. The van der Waals surface area contributed by atoms with Crippen LogP contribution in [0.2, 0.25) is 0 Å². The van der Waals surface area contributed by atoms with E-state index in [1.807, 2.05) is 18.2 Å². The van der Waals surface area contributed by atoms with Crippen LogP contribution in [0.1, 0.15) is 18.3 Å². The van der Waals surface area contributed by atoms with Gasteiger partial charge in [0.15, 0.2) is 15.7 Å². The molecule has 3 aromatic rings. The Morgan fingerprint density at radius 1 is 1.29 bits per heavy atom. The van der Waals surface area contributed by atoms with Gasteiger partial charge in [-0.25, -0.2) is 18.1 Å². The third-order valence-electron chi connectivity index (χ3n) is 4.09. The molecule has 4 rings (SSSR count). The summed E-state index contributed by atoms with van der Waals surface area (Å²) in [5.41, 5.74) is 2.43. The molecule has 3 aromatic heterocycles. The van der Waals surface area contributed by atoms with Gasteiger partial charge in [0, 0.05) is 18.0 Å². The molecule has 8 nitrogen and oxygen atoms in total. The average Bonchev–Trinajstić information content (AvgIpc) is 3.26. The Morgan fingerprint density at radius 2 is 2.08 bits per heavy atom. The number of nitrogens with one attached hydrogen (secondary N) is 1. The van der Waals surface area contributed by atoms with Gasteiger partial charge in [-0.15, -0.1) is 0 Å². The number of hydrogen-bond donors (Lipinski definition) is 1. The fourth-order valence-corrected chi connectivity index (χ4v) is 4.64. The zero-order valence-corrected chi connectivity index (χ0v) is 13.9. The van der Waals surface area contributed by atoms with Crippen molar-refractivity contribution in [2.24, 2.45) is 0 Å². The number of pyridine rings is 1. The molecule has 1 aliphatic heterocycles. The molecular weight excluding hydrogens is 328 g/mol. The van der Waals surface area contributed by atoms with E-state index in [-0.39, 0.29) is 17.5 Å². The zero-order valence-electron chi connectivity index (χ0n) is 13.0. The molecule has 0 saturated carbocycles. The van der Waals surface area contributed by atoms with Crippen molar-refractivity contribution in [3.05, 3.63) is 36.4 Å². The first-order valence-corrected chi connectivity index (χ1v) is 9.44. The fourth-order valence-electron chi connectivity index (χ4n) is 2.94. The smallest absolute Gasteiger partial charge is 0.176 e. The molecule has 0 aromatic carbocycles. The topological polar surface area (TPSA) is 106 Å². The lowest BCUT2D eigenvalue weighted by molar-refractivity contribution is 0.501. The number of rotatable bonds is 3. The minimum atomic E-state index is -2.99. The van der Waals surface area contributed by atoms with Crippen molar-refractivity contribution in [1.82, 2.24) is 29.9 Å². The largest absolute Gasteiger partial charge is 0.274 e. The van der Waals surface area contributed by atoms with Gasteiger partial charge in [-0.3, -0.25) is 10.1 Å². The van der Waals surface area contributed by atoms with E-state index < -0.39 is 9.84 Å². The van der Waals surface area contributed by atoms with E-state index in [2.05, 4.69) is 25.3 Å². The highest BCUT2D eigenvalue weighted by Gasteiger charge is 2.32. The van der Waals surface area contributed by atoms with Crippen LogP contribution in [0.3, 0.4) is 0 Å². The Morgan fingerprint density at radius 3 is 2.79 bits per heavy atom. The fraction of sp³-hybridized carbons (Fsp3) is 0.333. The number of aryl methyl sites for hydroxylation is 1. The van der Waals surface area contributed by atoms with Crippen LogP contribution < -0.4 is 0 Å². The summed E-state index contributed by atoms with van der Waals surface area (Å²) in [5, 5.41) is 11.7. The predicted molar refractivity (Wildman–Crippen MR) is 87.9 cm³/mol. The highest BCUT2D eigenvalue weighted by molar-refractivity contribution is 7.91. The van der Waals surface area contributed by atoms with Crippen molar-refractivity contribution in [3.8, 4) is 22.8 Å². The van der Waals surface area contributed by atoms with Crippen LogP contribution in [0.4, 0.5) is 0 Å². The molecule has 1 aliphatic rings. The molecule has 0 spiro atoms. The lowest BCUT2D eigenvalue weighted by atomic mass is 10.2. The summed E-state index contributed by atoms with van der Waals surface area (Å²) < 4.78 is 25.3. The molecule has 0 aliphatic carbocycles. The Hall–Kier alpha value is -2.55. The first-order valence-electron chi connectivity index (χ1n) is 7.61. The third-order valence-corrected chi connectivity index (χ3v) is 5.84. The van der Waals surface area contributed by atoms with Crippen LogP contribution in [0.5, 0.6) is 0 Å².